The summed E-state index contributed by atoms with van der Waals surface area (Å²) in [4.78, 5) is 7.52. The number of aromatic nitrogens is 1. The van der Waals surface area contributed by atoms with Crippen LogP contribution in [-0.4, -0.2) is 50.6 Å². The van der Waals surface area contributed by atoms with E-state index in [1.807, 2.05) is 12.1 Å². The van der Waals surface area contributed by atoms with Crippen molar-refractivity contribution in [3.8, 4) is 5.75 Å². The van der Waals surface area contributed by atoms with Crippen LogP contribution in [0.4, 0.5) is 5.13 Å². The number of thiazole rings is 1. The van der Waals surface area contributed by atoms with Gasteiger partial charge in [0, 0.05) is 13.2 Å². The smallest absolute Gasteiger partial charge is 0.187 e. The van der Waals surface area contributed by atoms with Gasteiger partial charge in [0.1, 0.15) is 11.3 Å². The molecule has 4 rings (SSSR count). The molecule has 0 saturated carbocycles. The highest BCUT2D eigenvalue weighted by Gasteiger charge is 2.31. The summed E-state index contributed by atoms with van der Waals surface area (Å²) in [5.74, 6) is 0.846. The van der Waals surface area contributed by atoms with Crippen molar-refractivity contribution in [2.75, 3.05) is 38.4 Å². The molecule has 26 heavy (non-hydrogen) atoms. The Hall–Kier alpha value is -1.37. The molecule has 3 heterocycles. The van der Waals surface area contributed by atoms with Crippen molar-refractivity contribution >= 4 is 26.7 Å². The molecule has 2 aromatic rings. The molecule has 1 aromatic heterocycles. The van der Waals surface area contributed by atoms with Crippen molar-refractivity contribution in [2.24, 2.45) is 0 Å². The third kappa shape index (κ3) is 3.82. The summed E-state index contributed by atoms with van der Waals surface area (Å²) in [6, 6.07) is 6.90. The van der Waals surface area contributed by atoms with Crippen LogP contribution < -0.4 is 9.64 Å². The molecule has 0 radical (unpaired) electrons. The van der Waals surface area contributed by atoms with E-state index in [0.717, 1.165) is 68.5 Å². The van der Waals surface area contributed by atoms with Gasteiger partial charge in [0.25, 0.3) is 0 Å². The molecule has 0 spiro atoms. The Morgan fingerprint density at radius 2 is 1.73 bits per heavy atom. The quantitative estimate of drug-likeness (QED) is 0.798. The average Bonchev–Trinajstić information content (AvgIpc) is 2.85. The Labute approximate surface area is 159 Å². The van der Waals surface area contributed by atoms with E-state index in [1.165, 1.54) is 17.5 Å². The lowest BCUT2D eigenvalue weighted by atomic mass is 10.0. The summed E-state index contributed by atoms with van der Waals surface area (Å²) >= 11 is 1.76. The van der Waals surface area contributed by atoms with Gasteiger partial charge in [0.2, 0.25) is 0 Å². The molecule has 1 aromatic carbocycles. The van der Waals surface area contributed by atoms with Gasteiger partial charge >= 0.3 is 0 Å². The molecule has 0 N–H and O–H groups in total. The molecular weight excluding hydrogens is 348 g/mol. The van der Waals surface area contributed by atoms with Gasteiger partial charge in [-0.05, 0) is 50.7 Å². The van der Waals surface area contributed by atoms with Crippen molar-refractivity contribution in [1.29, 1.82) is 0 Å². The number of nitrogens with zero attached hydrogens (tertiary/aromatic N) is 2. The van der Waals surface area contributed by atoms with E-state index in [0.29, 0.717) is 12.1 Å². The Balaban J connectivity index is 1.71. The molecule has 5 nitrogen and oxygen atoms in total. The SMILES string of the molecule is COc1cccc2sc(N(C3CCCCOC3)C3CCCCOC3)nc12. The van der Waals surface area contributed by atoms with Gasteiger partial charge in [0.05, 0.1) is 37.1 Å². The third-order valence-electron chi connectivity index (χ3n) is 5.37. The summed E-state index contributed by atoms with van der Waals surface area (Å²) < 4.78 is 18.5. The first kappa shape index (κ1) is 18.0. The fourth-order valence-corrected chi connectivity index (χ4v) is 5.14. The number of methoxy groups -OCH3 is 1. The lowest BCUT2D eigenvalue weighted by molar-refractivity contribution is 0.113. The first-order chi connectivity index (χ1) is 12.9. The number of ether oxygens (including phenoxy) is 3. The van der Waals surface area contributed by atoms with Gasteiger partial charge in [-0.1, -0.05) is 17.4 Å². The minimum absolute atomic E-state index is 0.371. The number of hydrogen-bond acceptors (Lipinski definition) is 6. The molecule has 2 aliphatic heterocycles. The van der Waals surface area contributed by atoms with Crippen LogP contribution in [0.5, 0.6) is 5.75 Å². The third-order valence-corrected chi connectivity index (χ3v) is 6.40. The van der Waals surface area contributed by atoms with Crippen LogP contribution in [0.3, 0.4) is 0 Å². The van der Waals surface area contributed by atoms with E-state index in [1.54, 1.807) is 18.4 Å². The minimum Gasteiger partial charge on any atom is -0.494 e. The highest BCUT2D eigenvalue weighted by molar-refractivity contribution is 7.22. The van der Waals surface area contributed by atoms with E-state index in [4.69, 9.17) is 19.2 Å². The lowest BCUT2D eigenvalue weighted by Gasteiger charge is -2.37. The molecule has 0 bridgehead atoms. The summed E-state index contributed by atoms with van der Waals surface area (Å²) in [7, 11) is 1.71. The first-order valence-electron chi connectivity index (χ1n) is 9.74. The van der Waals surface area contributed by atoms with Gasteiger partial charge in [0.15, 0.2) is 5.13 Å². The zero-order chi connectivity index (χ0) is 17.8. The lowest BCUT2D eigenvalue weighted by Crippen LogP contribution is -2.47. The van der Waals surface area contributed by atoms with Crippen molar-refractivity contribution in [3.05, 3.63) is 18.2 Å². The summed E-state index contributed by atoms with van der Waals surface area (Å²) in [6.07, 6.45) is 7.04. The molecule has 2 unspecified atom stereocenters. The predicted octanol–water partition coefficient (Wildman–Crippen LogP) is 4.25. The van der Waals surface area contributed by atoms with Crippen LogP contribution in [0.2, 0.25) is 0 Å². The largest absolute Gasteiger partial charge is 0.494 e. The Morgan fingerprint density at radius 1 is 1.04 bits per heavy atom. The standard InChI is InChI=1S/C20H28N2O3S/c1-23-17-9-6-10-18-19(17)21-20(26-18)22(15-7-2-4-11-24-13-15)16-8-3-5-12-25-14-16/h6,9-10,15-16H,2-5,7-8,11-14H2,1H3. The van der Waals surface area contributed by atoms with Crippen LogP contribution in [0.15, 0.2) is 18.2 Å². The maximum atomic E-state index is 5.92. The summed E-state index contributed by atoms with van der Waals surface area (Å²) in [5, 5.41) is 1.08. The van der Waals surface area contributed by atoms with E-state index in [-0.39, 0.29) is 0 Å². The molecule has 2 fully saturated rings. The topological polar surface area (TPSA) is 43.8 Å². The van der Waals surface area contributed by atoms with Crippen molar-refractivity contribution < 1.29 is 14.2 Å². The highest BCUT2D eigenvalue weighted by atomic mass is 32.1. The van der Waals surface area contributed by atoms with E-state index >= 15 is 0 Å². The molecule has 2 aliphatic rings. The molecular formula is C20H28N2O3S. The van der Waals surface area contributed by atoms with Gasteiger partial charge in [-0.2, -0.15) is 0 Å². The number of fused-ring (bicyclic) bond motifs is 1. The van der Waals surface area contributed by atoms with Crippen LogP contribution >= 0.6 is 11.3 Å². The minimum atomic E-state index is 0.371. The van der Waals surface area contributed by atoms with Crippen molar-refractivity contribution in [2.45, 2.75) is 50.6 Å². The van der Waals surface area contributed by atoms with E-state index in [9.17, 15) is 0 Å². The Bertz CT molecular complexity index is 684. The zero-order valence-corrected chi connectivity index (χ0v) is 16.3. The molecule has 0 aliphatic carbocycles. The van der Waals surface area contributed by atoms with E-state index < -0.39 is 0 Å². The molecule has 2 atom stereocenters. The second-order valence-electron chi connectivity index (χ2n) is 7.16. The van der Waals surface area contributed by atoms with Gasteiger partial charge < -0.3 is 19.1 Å². The van der Waals surface area contributed by atoms with Crippen LogP contribution in [-0.2, 0) is 9.47 Å². The number of benzene rings is 1. The number of para-hydroxylation sites is 1. The fourth-order valence-electron chi connectivity index (χ4n) is 4.01. The highest BCUT2D eigenvalue weighted by Crippen LogP contribution is 2.37. The predicted molar refractivity (Wildman–Crippen MR) is 106 cm³/mol. The number of anilines is 1. The average molecular weight is 377 g/mol. The summed E-state index contributed by atoms with van der Waals surface area (Å²) in [5.41, 5.74) is 0.962. The Morgan fingerprint density at radius 3 is 2.38 bits per heavy atom. The first-order valence-corrected chi connectivity index (χ1v) is 10.6. The fraction of sp³-hybridized carbons (Fsp3) is 0.650. The monoisotopic (exact) mass is 376 g/mol. The van der Waals surface area contributed by atoms with Gasteiger partial charge in [-0.3, -0.25) is 0 Å². The van der Waals surface area contributed by atoms with Crippen molar-refractivity contribution in [3.63, 3.8) is 0 Å². The summed E-state index contributed by atoms with van der Waals surface area (Å²) in [6.45, 7) is 3.31. The number of rotatable bonds is 4. The molecule has 142 valence electrons. The van der Waals surface area contributed by atoms with Crippen LogP contribution in [0.1, 0.15) is 38.5 Å². The molecule has 6 heteroatoms. The van der Waals surface area contributed by atoms with E-state index in [2.05, 4.69) is 11.0 Å². The van der Waals surface area contributed by atoms with Crippen LogP contribution in [0.25, 0.3) is 10.2 Å². The maximum Gasteiger partial charge on any atom is 0.187 e. The maximum absolute atomic E-state index is 5.92. The second-order valence-corrected chi connectivity index (χ2v) is 8.17. The Kier molecular flexibility index (Phi) is 5.92. The van der Waals surface area contributed by atoms with Crippen molar-refractivity contribution in [1.82, 2.24) is 4.98 Å². The second kappa shape index (κ2) is 8.55. The molecule has 0 amide bonds. The molecule has 2 saturated heterocycles. The van der Waals surface area contributed by atoms with Gasteiger partial charge in [-0.15, -0.1) is 0 Å². The van der Waals surface area contributed by atoms with Crippen LogP contribution in [0, 0.1) is 0 Å². The van der Waals surface area contributed by atoms with Gasteiger partial charge in [-0.25, -0.2) is 4.98 Å². The normalized spacial score (nSPS) is 24.8. The number of hydrogen-bond donors (Lipinski definition) is 0. The zero-order valence-electron chi connectivity index (χ0n) is 15.5.